The first-order chi connectivity index (χ1) is 15.7. The third-order valence-corrected chi connectivity index (χ3v) is 5.84. The minimum atomic E-state index is -0.0259. The number of aromatic nitrogens is 3. The molecule has 1 amide bonds. The summed E-state index contributed by atoms with van der Waals surface area (Å²) in [7, 11) is 0. The van der Waals surface area contributed by atoms with E-state index in [2.05, 4.69) is 16.2 Å². The molecule has 0 saturated carbocycles. The van der Waals surface area contributed by atoms with Crippen molar-refractivity contribution < 1.29 is 9.53 Å². The van der Waals surface area contributed by atoms with E-state index in [9.17, 15) is 4.79 Å². The molecule has 1 aliphatic rings. The number of hydrogen-bond donors (Lipinski definition) is 0. The van der Waals surface area contributed by atoms with Crippen molar-refractivity contribution in [3.8, 4) is 22.8 Å². The zero-order valence-electron chi connectivity index (χ0n) is 17.7. The molecule has 6 heteroatoms. The third-order valence-electron chi connectivity index (χ3n) is 5.84. The van der Waals surface area contributed by atoms with Crippen molar-refractivity contribution in [3.05, 3.63) is 85.7 Å². The number of pyridine rings is 1. The average molecular weight is 441 g/mol. The topological polar surface area (TPSA) is 60.2 Å². The lowest BCUT2D eigenvalue weighted by molar-refractivity contribution is -0.127. The lowest BCUT2D eigenvalue weighted by atomic mass is 10.1. The van der Waals surface area contributed by atoms with Crippen LogP contribution in [0.2, 0.25) is 0 Å². The molecule has 0 N–H and O–H groups in total. The number of fused-ring (bicyclic) bond motifs is 1. The van der Waals surface area contributed by atoms with Crippen LogP contribution in [0, 0.1) is 0 Å². The predicted octanol–water partition coefficient (Wildman–Crippen LogP) is 5.88. The van der Waals surface area contributed by atoms with Crippen LogP contribution in [0.1, 0.15) is 26.3 Å². The minimum Gasteiger partial charge on any atom is -0.457 e. The zero-order chi connectivity index (χ0) is 21.9. The Morgan fingerprint density at radius 3 is 2.58 bits per heavy atom. The van der Waals surface area contributed by atoms with Gasteiger partial charge in [-0.25, -0.2) is 0 Å². The van der Waals surface area contributed by atoms with Gasteiger partial charge in [-0.1, -0.05) is 32.2 Å². The first kappa shape index (κ1) is 22.3. The van der Waals surface area contributed by atoms with Gasteiger partial charge in [0.2, 0.25) is 5.91 Å². The van der Waals surface area contributed by atoms with E-state index in [1.807, 2.05) is 71.8 Å². The fourth-order valence-electron chi connectivity index (χ4n) is 4.27. The summed E-state index contributed by atoms with van der Waals surface area (Å²) in [6, 6.07) is 19.8. The summed E-state index contributed by atoms with van der Waals surface area (Å²) in [6.07, 6.45) is 6.95. The van der Waals surface area contributed by atoms with Gasteiger partial charge in [-0.05, 0) is 61.4 Å². The van der Waals surface area contributed by atoms with Crippen LogP contribution in [0.5, 0.6) is 11.5 Å². The Bertz CT molecular complexity index is 1250. The Hall–Kier alpha value is -3.93. The van der Waals surface area contributed by atoms with Gasteiger partial charge in [0.15, 0.2) is 0 Å². The summed E-state index contributed by atoms with van der Waals surface area (Å²) < 4.78 is 7.98. The molecule has 1 unspecified atom stereocenters. The van der Waals surface area contributed by atoms with Crippen LogP contribution in [0.25, 0.3) is 22.2 Å². The Morgan fingerprint density at radius 2 is 1.82 bits per heavy atom. The number of ether oxygens (including phenoxy) is 1. The Kier molecular flexibility index (Phi) is 6.54. The summed E-state index contributed by atoms with van der Waals surface area (Å²) in [5.41, 5.74) is 2.90. The van der Waals surface area contributed by atoms with Gasteiger partial charge in [0, 0.05) is 36.4 Å². The molecule has 0 spiro atoms. The van der Waals surface area contributed by atoms with Crippen molar-refractivity contribution in [1.82, 2.24) is 19.7 Å². The number of amides is 1. The zero-order valence-corrected chi connectivity index (χ0v) is 17.7. The molecule has 2 aromatic carbocycles. The highest BCUT2D eigenvalue weighted by Crippen LogP contribution is 2.33. The van der Waals surface area contributed by atoms with Gasteiger partial charge in [0.25, 0.3) is 0 Å². The van der Waals surface area contributed by atoms with Crippen LogP contribution in [-0.2, 0) is 4.79 Å². The molecular weight excluding hydrogens is 412 g/mol. The van der Waals surface area contributed by atoms with Gasteiger partial charge in [0.1, 0.15) is 17.2 Å². The molecular formula is C27H28N4O2. The van der Waals surface area contributed by atoms with Crippen molar-refractivity contribution in [2.45, 2.75) is 26.3 Å². The molecule has 4 aromatic rings. The van der Waals surface area contributed by atoms with Crippen LogP contribution in [0.4, 0.5) is 0 Å². The number of nitrogens with zero attached hydrogens (tertiary/aromatic N) is 4. The van der Waals surface area contributed by atoms with E-state index in [0.717, 1.165) is 53.0 Å². The van der Waals surface area contributed by atoms with Crippen molar-refractivity contribution in [2.24, 2.45) is 0 Å². The second-order valence-electron chi connectivity index (χ2n) is 7.91. The summed E-state index contributed by atoms with van der Waals surface area (Å²) in [5, 5.41) is 5.99. The van der Waals surface area contributed by atoms with E-state index in [-0.39, 0.29) is 19.4 Å². The minimum absolute atomic E-state index is 0. The van der Waals surface area contributed by atoms with Crippen molar-refractivity contribution in [3.63, 3.8) is 0 Å². The molecule has 1 fully saturated rings. The largest absolute Gasteiger partial charge is 0.457 e. The predicted molar refractivity (Wildman–Crippen MR) is 131 cm³/mol. The fraction of sp³-hybridized carbons (Fsp3) is 0.222. The monoisotopic (exact) mass is 440 g/mol. The van der Waals surface area contributed by atoms with Gasteiger partial charge in [-0.15, -0.1) is 0 Å². The van der Waals surface area contributed by atoms with E-state index >= 15 is 0 Å². The quantitative estimate of drug-likeness (QED) is 0.364. The van der Waals surface area contributed by atoms with Crippen LogP contribution in [0.15, 0.2) is 85.7 Å². The van der Waals surface area contributed by atoms with E-state index in [0.29, 0.717) is 6.54 Å². The second kappa shape index (κ2) is 9.69. The van der Waals surface area contributed by atoms with Gasteiger partial charge in [-0.2, -0.15) is 5.10 Å². The normalized spacial score (nSPS) is 15.6. The summed E-state index contributed by atoms with van der Waals surface area (Å²) in [6.45, 7) is 5.02. The Labute approximate surface area is 194 Å². The number of hydrogen-bond acceptors (Lipinski definition) is 4. The molecule has 168 valence electrons. The van der Waals surface area contributed by atoms with Crippen LogP contribution in [-0.4, -0.2) is 38.7 Å². The number of likely N-dealkylation sites (tertiary alicyclic amines) is 1. The van der Waals surface area contributed by atoms with E-state index in [4.69, 9.17) is 9.84 Å². The van der Waals surface area contributed by atoms with Gasteiger partial charge >= 0.3 is 0 Å². The Morgan fingerprint density at radius 1 is 1.06 bits per heavy atom. The van der Waals surface area contributed by atoms with Crippen molar-refractivity contribution in [2.75, 3.05) is 13.1 Å². The first-order valence-corrected chi connectivity index (χ1v) is 10.8. The first-order valence-electron chi connectivity index (χ1n) is 10.8. The molecule has 0 aliphatic carbocycles. The number of rotatable bonds is 5. The number of benzene rings is 2. The maximum atomic E-state index is 12.2. The SMILES string of the molecule is C.C=CC(=O)N1CCCC(n2nc(-c3ccc(Oc4ccccc4)cc3)c3cnccc32)C1. The highest BCUT2D eigenvalue weighted by molar-refractivity contribution is 5.93. The molecule has 1 saturated heterocycles. The molecule has 3 heterocycles. The Balaban J connectivity index is 0.00000259. The van der Waals surface area contributed by atoms with Crippen LogP contribution in [0.3, 0.4) is 0 Å². The number of carbonyl (C=O) groups is 1. The lowest BCUT2D eigenvalue weighted by Crippen LogP contribution is -2.40. The lowest BCUT2D eigenvalue weighted by Gasteiger charge is -2.32. The molecule has 2 aromatic heterocycles. The highest BCUT2D eigenvalue weighted by atomic mass is 16.5. The molecule has 0 radical (unpaired) electrons. The summed E-state index contributed by atoms with van der Waals surface area (Å²) >= 11 is 0. The number of piperidine rings is 1. The fourth-order valence-corrected chi connectivity index (χ4v) is 4.27. The third kappa shape index (κ3) is 4.51. The smallest absolute Gasteiger partial charge is 0.246 e. The van der Waals surface area contributed by atoms with Crippen LogP contribution >= 0.6 is 0 Å². The number of para-hydroxylation sites is 1. The van der Waals surface area contributed by atoms with Gasteiger partial charge < -0.3 is 9.64 Å². The number of carbonyl (C=O) groups excluding carboxylic acids is 1. The van der Waals surface area contributed by atoms with Gasteiger partial charge in [0.05, 0.1) is 11.6 Å². The molecule has 0 bridgehead atoms. The van der Waals surface area contributed by atoms with Gasteiger partial charge in [-0.3, -0.25) is 14.5 Å². The average Bonchev–Trinajstić information content (AvgIpc) is 3.24. The van der Waals surface area contributed by atoms with E-state index < -0.39 is 0 Å². The van der Waals surface area contributed by atoms with Crippen molar-refractivity contribution >= 4 is 16.8 Å². The molecule has 6 nitrogen and oxygen atoms in total. The summed E-state index contributed by atoms with van der Waals surface area (Å²) in [5.74, 6) is 1.55. The van der Waals surface area contributed by atoms with E-state index in [1.165, 1.54) is 6.08 Å². The molecule has 1 atom stereocenters. The standard InChI is InChI=1S/C26H24N4O2.CH4/c1-2-25(31)29-16-6-7-20(18-29)30-24-14-15-27-17-23(24)26(28-30)19-10-12-22(13-11-19)32-21-8-4-3-5-9-21;/h2-5,8-15,17,20H,1,6-7,16,18H2;1H4. The highest BCUT2D eigenvalue weighted by Gasteiger charge is 2.26. The molecule has 1 aliphatic heterocycles. The summed E-state index contributed by atoms with van der Waals surface area (Å²) in [4.78, 5) is 18.3. The van der Waals surface area contributed by atoms with E-state index in [1.54, 1.807) is 6.20 Å². The molecule has 33 heavy (non-hydrogen) atoms. The maximum Gasteiger partial charge on any atom is 0.246 e. The van der Waals surface area contributed by atoms with Crippen LogP contribution < -0.4 is 4.74 Å². The maximum absolute atomic E-state index is 12.2. The second-order valence-corrected chi connectivity index (χ2v) is 7.91. The molecule has 5 rings (SSSR count). The van der Waals surface area contributed by atoms with Crippen molar-refractivity contribution in [1.29, 1.82) is 0 Å².